The molecular formula is C13H14F3N2O3. The fraction of sp³-hybridized carbons (Fsp3) is 0.462. The number of hydrogen-bond donors (Lipinski definition) is 1. The Morgan fingerprint density at radius 2 is 1.71 bits per heavy atom. The Balaban J connectivity index is 2.32. The maximum atomic E-state index is 13.3. The number of halogens is 3. The number of hydrazine groups is 1. The fourth-order valence-electron chi connectivity index (χ4n) is 1.87. The SMILES string of the molecule is CC(C)(C)OC(=O)N1NC1(c1ccc([O])cc1)C(F)(F)F. The minimum atomic E-state index is -4.76. The number of carbonyl (C=O) groups excluding carboxylic acids is 1. The van der Waals surface area contributed by atoms with Crippen LogP contribution >= 0.6 is 0 Å². The van der Waals surface area contributed by atoms with E-state index in [9.17, 15) is 23.1 Å². The third kappa shape index (κ3) is 2.76. The van der Waals surface area contributed by atoms with Crippen LogP contribution in [-0.2, 0) is 15.5 Å². The largest absolute Gasteiger partial charge is 0.443 e. The van der Waals surface area contributed by atoms with Crippen LogP contribution in [0.15, 0.2) is 24.3 Å². The number of ether oxygens (including phenoxy) is 1. The molecule has 0 spiro atoms. The normalized spacial score (nSPS) is 22.1. The first-order valence-corrected chi connectivity index (χ1v) is 6.13. The quantitative estimate of drug-likeness (QED) is 0.809. The van der Waals surface area contributed by atoms with Gasteiger partial charge in [0.15, 0.2) is 5.75 Å². The molecule has 115 valence electrons. The Bertz CT molecular complexity index is 551. The maximum Gasteiger partial charge on any atom is 0.432 e. The lowest BCUT2D eigenvalue weighted by atomic mass is 10.0. The van der Waals surface area contributed by atoms with Crippen LogP contribution in [0, 0.1) is 0 Å². The van der Waals surface area contributed by atoms with Gasteiger partial charge in [-0.05, 0) is 32.9 Å². The first kappa shape index (κ1) is 15.4. The molecule has 21 heavy (non-hydrogen) atoms. The van der Waals surface area contributed by atoms with Gasteiger partial charge in [0.1, 0.15) is 5.60 Å². The zero-order valence-corrected chi connectivity index (χ0v) is 11.6. The lowest BCUT2D eigenvalue weighted by Gasteiger charge is -2.22. The van der Waals surface area contributed by atoms with Crippen molar-refractivity contribution in [3.63, 3.8) is 0 Å². The fourth-order valence-corrected chi connectivity index (χ4v) is 1.87. The highest BCUT2D eigenvalue weighted by Crippen LogP contribution is 2.50. The summed E-state index contributed by atoms with van der Waals surface area (Å²) in [6, 6.07) is 4.09. The van der Waals surface area contributed by atoms with Gasteiger partial charge >= 0.3 is 12.3 Å². The summed E-state index contributed by atoms with van der Waals surface area (Å²) in [5.41, 5.74) is -1.81. The van der Waals surface area contributed by atoms with Crippen LogP contribution in [0.1, 0.15) is 26.3 Å². The van der Waals surface area contributed by atoms with Gasteiger partial charge in [-0.3, -0.25) is 5.11 Å². The lowest BCUT2D eigenvalue weighted by molar-refractivity contribution is -0.174. The van der Waals surface area contributed by atoms with Crippen LogP contribution in [0.2, 0.25) is 0 Å². The van der Waals surface area contributed by atoms with Gasteiger partial charge in [-0.25, -0.2) is 9.80 Å². The minimum Gasteiger partial charge on any atom is -0.443 e. The van der Waals surface area contributed by atoms with Crippen LogP contribution in [-0.4, -0.2) is 22.9 Å². The van der Waals surface area contributed by atoms with Gasteiger partial charge in [0, 0.05) is 5.56 Å². The van der Waals surface area contributed by atoms with E-state index in [-0.39, 0.29) is 5.56 Å². The molecule has 0 aromatic heterocycles. The van der Waals surface area contributed by atoms with Gasteiger partial charge in [-0.15, -0.1) is 0 Å². The number of nitrogens with one attached hydrogen (secondary N) is 1. The number of nitrogens with zero attached hydrogens (tertiary/aromatic N) is 1. The van der Waals surface area contributed by atoms with Crippen molar-refractivity contribution in [3.05, 3.63) is 29.8 Å². The van der Waals surface area contributed by atoms with E-state index in [2.05, 4.69) is 0 Å². The molecule has 5 nitrogen and oxygen atoms in total. The molecule has 1 atom stereocenters. The van der Waals surface area contributed by atoms with Crippen molar-refractivity contribution in [1.82, 2.24) is 10.4 Å². The van der Waals surface area contributed by atoms with Crippen molar-refractivity contribution >= 4 is 6.09 Å². The molecule has 2 rings (SSSR count). The third-order valence-electron chi connectivity index (χ3n) is 2.82. The van der Waals surface area contributed by atoms with Crippen LogP contribution in [0.25, 0.3) is 0 Å². The number of hydrogen-bond acceptors (Lipinski definition) is 3. The Labute approximate surface area is 119 Å². The number of rotatable bonds is 1. The Morgan fingerprint density at radius 1 is 1.19 bits per heavy atom. The predicted molar refractivity (Wildman–Crippen MR) is 65.5 cm³/mol. The van der Waals surface area contributed by atoms with Crippen molar-refractivity contribution in [2.75, 3.05) is 0 Å². The van der Waals surface area contributed by atoms with Crippen LogP contribution in [0.4, 0.5) is 18.0 Å². The van der Waals surface area contributed by atoms with Crippen LogP contribution < -0.4 is 5.43 Å². The smallest absolute Gasteiger partial charge is 0.432 e. The van der Waals surface area contributed by atoms with Crippen molar-refractivity contribution < 1.29 is 27.8 Å². The van der Waals surface area contributed by atoms with Crippen molar-refractivity contribution in [1.29, 1.82) is 0 Å². The summed E-state index contributed by atoms with van der Waals surface area (Å²) in [6.07, 6.45) is -5.89. The molecule has 1 radical (unpaired) electrons. The molecule has 1 aromatic carbocycles. The van der Waals surface area contributed by atoms with Crippen LogP contribution in [0.3, 0.4) is 0 Å². The van der Waals surface area contributed by atoms with Gasteiger partial charge in [0.25, 0.3) is 5.66 Å². The molecule has 0 aliphatic carbocycles. The Kier molecular flexibility index (Phi) is 3.32. The summed E-state index contributed by atoms with van der Waals surface area (Å²) in [4.78, 5) is 11.8. The van der Waals surface area contributed by atoms with Crippen molar-refractivity contribution in [3.8, 4) is 5.75 Å². The van der Waals surface area contributed by atoms with E-state index in [1.54, 1.807) is 20.8 Å². The second kappa shape index (κ2) is 4.52. The van der Waals surface area contributed by atoms with Crippen LogP contribution in [0.5, 0.6) is 5.75 Å². The molecule has 1 N–H and O–H groups in total. The zero-order valence-electron chi connectivity index (χ0n) is 11.6. The van der Waals surface area contributed by atoms with Gasteiger partial charge in [-0.1, -0.05) is 12.1 Å². The number of carbonyl (C=O) groups is 1. The molecule has 1 unspecified atom stereocenters. The van der Waals surface area contributed by atoms with Crippen molar-refractivity contribution in [2.45, 2.75) is 38.2 Å². The highest BCUT2D eigenvalue weighted by atomic mass is 19.4. The summed E-state index contributed by atoms with van der Waals surface area (Å²) in [6.45, 7) is 4.65. The Morgan fingerprint density at radius 3 is 2.14 bits per heavy atom. The summed E-state index contributed by atoms with van der Waals surface area (Å²) in [7, 11) is 0. The van der Waals surface area contributed by atoms with E-state index in [0.29, 0.717) is 5.01 Å². The second-order valence-corrected chi connectivity index (χ2v) is 5.66. The third-order valence-corrected chi connectivity index (χ3v) is 2.82. The van der Waals surface area contributed by atoms with Crippen molar-refractivity contribution in [2.24, 2.45) is 0 Å². The molecular weight excluding hydrogens is 289 g/mol. The van der Waals surface area contributed by atoms with E-state index in [4.69, 9.17) is 4.74 Å². The first-order valence-electron chi connectivity index (χ1n) is 6.13. The molecule has 8 heteroatoms. The maximum absolute atomic E-state index is 13.3. The molecule has 1 amide bonds. The molecule has 1 aliphatic heterocycles. The van der Waals surface area contributed by atoms with E-state index in [0.717, 1.165) is 24.3 Å². The number of alkyl halides is 3. The molecule has 1 saturated heterocycles. The highest BCUT2D eigenvalue weighted by molar-refractivity contribution is 5.72. The Hall–Kier alpha value is -1.96. The average molecular weight is 303 g/mol. The van der Waals surface area contributed by atoms with E-state index in [1.165, 1.54) is 0 Å². The van der Waals surface area contributed by atoms with E-state index < -0.39 is 29.3 Å². The predicted octanol–water partition coefficient (Wildman–Crippen LogP) is 3.30. The van der Waals surface area contributed by atoms with E-state index in [1.807, 2.05) is 5.43 Å². The number of amides is 1. The molecule has 0 saturated carbocycles. The lowest BCUT2D eigenvalue weighted by Crippen LogP contribution is -2.38. The summed E-state index contributed by atoms with van der Waals surface area (Å²) >= 11 is 0. The molecule has 1 fully saturated rings. The standard InChI is InChI=1S/C13H14F3N2O3/c1-11(2,3)21-10(20)18-12(17-18,13(14,15)16)8-4-6-9(19)7-5-8/h4-7,17H,1-3H3. The highest BCUT2D eigenvalue weighted by Gasteiger charge is 2.74. The monoisotopic (exact) mass is 303 g/mol. The minimum absolute atomic E-state index is 0.250. The molecule has 0 bridgehead atoms. The van der Waals surface area contributed by atoms with Gasteiger partial charge in [0.2, 0.25) is 0 Å². The summed E-state index contributed by atoms with van der Waals surface area (Å²) in [5.74, 6) is -0.416. The summed E-state index contributed by atoms with van der Waals surface area (Å²) < 4.78 is 44.9. The number of benzene rings is 1. The average Bonchev–Trinajstić information content (AvgIpc) is 3.03. The van der Waals surface area contributed by atoms with E-state index >= 15 is 0 Å². The zero-order chi connectivity index (χ0) is 16.1. The molecule has 1 aliphatic rings. The summed E-state index contributed by atoms with van der Waals surface area (Å²) in [5, 5.41) is 11.4. The molecule has 1 heterocycles. The molecule has 1 aromatic rings. The first-order chi connectivity index (χ1) is 9.47. The second-order valence-electron chi connectivity index (χ2n) is 5.66. The van der Waals surface area contributed by atoms with Gasteiger partial charge < -0.3 is 4.74 Å². The van der Waals surface area contributed by atoms with Gasteiger partial charge in [0.05, 0.1) is 0 Å². The topological polar surface area (TPSA) is 71.2 Å². The van der Waals surface area contributed by atoms with Gasteiger partial charge in [-0.2, -0.15) is 18.6 Å².